The van der Waals surface area contributed by atoms with E-state index in [1.54, 1.807) is 0 Å². The van der Waals surface area contributed by atoms with Crippen molar-refractivity contribution in [2.75, 3.05) is 0 Å². The number of aliphatic carboxylic acids is 1. The normalized spacial score (nSPS) is 11.7. The molecule has 1 heterocycles. The van der Waals surface area contributed by atoms with Crippen molar-refractivity contribution < 1.29 is 9.90 Å². The van der Waals surface area contributed by atoms with Crippen LogP contribution < -0.4 is 0 Å². The lowest BCUT2D eigenvalue weighted by Crippen LogP contribution is -2.15. The minimum Gasteiger partial charge on any atom is -0.480 e. The molecule has 4 heteroatoms. The molecule has 1 aromatic rings. The molecule has 0 aliphatic heterocycles. The molecule has 0 aliphatic carbocycles. The maximum absolute atomic E-state index is 10.5. The minimum atomic E-state index is -0.864. The van der Waals surface area contributed by atoms with E-state index in [0.717, 1.165) is 11.4 Å². The fourth-order valence-corrected chi connectivity index (χ4v) is 1.16. The van der Waals surface area contributed by atoms with Gasteiger partial charge in [-0.1, -0.05) is 20.8 Å². The number of carbonyl (C=O) groups is 1. The number of hydrogen-bond acceptors (Lipinski definition) is 2. The van der Waals surface area contributed by atoms with Crippen molar-refractivity contribution in [3.8, 4) is 0 Å². The van der Waals surface area contributed by atoms with Crippen molar-refractivity contribution in [1.82, 2.24) is 9.78 Å². The van der Waals surface area contributed by atoms with Gasteiger partial charge in [-0.25, -0.2) is 0 Å². The van der Waals surface area contributed by atoms with E-state index in [-0.39, 0.29) is 12.0 Å². The number of carboxylic acid groups (broad SMARTS) is 1. The molecular formula is C10H16N2O2. The van der Waals surface area contributed by atoms with Crippen LogP contribution in [0.5, 0.6) is 0 Å². The molecule has 14 heavy (non-hydrogen) atoms. The first-order valence-electron chi connectivity index (χ1n) is 4.57. The maximum atomic E-state index is 10.5. The van der Waals surface area contributed by atoms with Crippen molar-refractivity contribution in [3.05, 3.63) is 17.5 Å². The third-order valence-corrected chi connectivity index (χ3v) is 2.03. The first-order chi connectivity index (χ1) is 6.30. The molecule has 0 aliphatic rings. The van der Waals surface area contributed by atoms with E-state index >= 15 is 0 Å². The number of hydrogen-bond donors (Lipinski definition) is 1. The van der Waals surface area contributed by atoms with Gasteiger partial charge in [0.25, 0.3) is 0 Å². The fourth-order valence-electron chi connectivity index (χ4n) is 1.16. The van der Waals surface area contributed by atoms with Gasteiger partial charge in [0.1, 0.15) is 6.54 Å². The molecule has 78 valence electrons. The van der Waals surface area contributed by atoms with E-state index in [0.29, 0.717) is 0 Å². The molecule has 0 atom stereocenters. The summed E-state index contributed by atoms with van der Waals surface area (Å²) in [7, 11) is 0. The Morgan fingerprint density at radius 3 is 2.50 bits per heavy atom. The van der Waals surface area contributed by atoms with Crippen molar-refractivity contribution in [2.45, 2.75) is 39.7 Å². The van der Waals surface area contributed by atoms with Crippen LogP contribution in [0, 0.1) is 6.92 Å². The van der Waals surface area contributed by atoms with Crippen molar-refractivity contribution in [3.63, 3.8) is 0 Å². The summed E-state index contributed by atoms with van der Waals surface area (Å²) >= 11 is 0. The summed E-state index contributed by atoms with van der Waals surface area (Å²) in [6, 6.07) is 1.93. The van der Waals surface area contributed by atoms with Gasteiger partial charge in [-0.3, -0.25) is 9.48 Å². The predicted octanol–water partition coefficient (Wildman–Crippen LogP) is 1.57. The molecule has 0 fully saturated rings. The van der Waals surface area contributed by atoms with Gasteiger partial charge in [0.15, 0.2) is 0 Å². The molecular weight excluding hydrogens is 180 g/mol. The summed E-state index contributed by atoms with van der Waals surface area (Å²) in [5, 5.41) is 12.9. The highest BCUT2D eigenvalue weighted by molar-refractivity contribution is 5.66. The molecule has 1 rings (SSSR count). The molecule has 0 saturated carbocycles. The average Bonchev–Trinajstić information content (AvgIpc) is 2.30. The van der Waals surface area contributed by atoms with Gasteiger partial charge in [-0.05, 0) is 13.0 Å². The predicted molar refractivity (Wildman–Crippen MR) is 53.3 cm³/mol. The Morgan fingerprint density at radius 2 is 2.14 bits per heavy atom. The molecule has 4 nitrogen and oxygen atoms in total. The zero-order chi connectivity index (χ0) is 10.9. The topological polar surface area (TPSA) is 55.1 Å². The first-order valence-corrected chi connectivity index (χ1v) is 4.57. The highest BCUT2D eigenvalue weighted by Crippen LogP contribution is 2.21. The largest absolute Gasteiger partial charge is 0.480 e. The second-order valence-electron chi connectivity index (χ2n) is 4.47. The van der Waals surface area contributed by atoms with E-state index in [9.17, 15) is 4.79 Å². The van der Waals surface area contributed by atoms with Gasteiger partial charge in [-0.2, -0.15) is 5.10 Å². The van der Waals surface area contributed by atoms with Crippen LogP contribution in [-0.4, -0.2) is 20.9 Å². The van der Waals surface area contributed by atoms with E-state index < -0.39 is 5.97 Å². The fraction of sp³-hybridized carbons (Fsp3) is 0.600. The summed E-state index contributed by atoms with van der Waals surface area (Å²) in [5.41, 5.74) is 1.78. The minimum absolute atomic E-state index is 0.0332. The van der Waals surface area contributed by atoms with E-state index in [2.05, 4.69) is 25.9 Å². The number of rotatable bonds is 2. The molecule has 0 unspecified atom stereocenters. The lowest BCUT2D eigenvalue weighted by Gasteiger charge is -2.14. The standard InChI is InChI=1S/C10H16N2O2/c1-7-5-8(10(2,3)4)11-12(7)6-9(13)14/h5H,6H2,1-4H3,(H,13,14). The van der Waals surface area contributed by atoms with Crippen LogP contribution in [-0.2, 0) is 16.8 Å². The Kier molecular flexibility index (Phi) is 2.64. The van der Waals surface area contributed by atoms with Crippen molar-refractivity contribution in [2.24, 2.45) is 0 Å². The third-order valence-electron chi connectivity index (χ3n) is 2.03. The Balaban J connectivity index is 2.99. The van der Waals surface area contributed by atoms with Gasteiger partial charge < -0.3 is 5.11 Å². The Labute approximate surface area is 83.5 Å². The van der Waals surface area contributed by atoms with E-state index in [1.807, 2.05) is 13.0 Å². The molecule has 0 amide bonds. The summed E-state index contributed by atoms with van der Waals surface area (Å²) in [6.07, 6.45) is 0. The SMILES string of the molecule is Cc1cc(C(C)(C)C)nn1CC(=O)O. The molecule has 0 saturated heterocycles. The van der Waals surface area contributed by atoms with Crippen LogP contribution >= 0.6 is 0 Å². The van der Waals surface area contributed by atoms with Crippen molar-refractivity contribution >= 4 is 5.97 Å². The van der Waals surface area contributed by atoms with Gasteiger partial charge in [0.05, 0.1) is 5.69 Å². The number of nitrogens with zero attached hydrogens (tertiary/aromatic N) is 2. The Bertz CT molecular complexity index is 347. The van der Waals surface area contributed by atoms with Crippen molar-refractivity contribution in [1.29, 1.82) is 0 Å². The quantitative estimate of drug-likeness (QED) is 0.781. The molecule has 1 N–H and O–H groups in total. The third kappa shape index (κ3) is 2.34. The highest BCUT2D eigenvalue weighted by Gasteiger charge is 2.18. The molecule has 1 aromatic heterocycles. The van der Waals surface area contributed by atoms with E-state index in [4.69, 9.17) is 5.11 Å². The summed E-state index contributed by atoms with van der Waals surface area (Å²) in [4.78, 5) is 10.5. The van der Waals surface area contributed by atoms with Crippen LogP contribution in [0.1, 0.15) is 32.2 Å². The lowest BCUT2D eigenvalue weighted by molar-refractivity contribution is -0.137. The van der Waals surface area contributed by atoms with Crippen LogP contribution in [0.3, 0.4) is 0 Å². The summed E-state index contributed by atoms with van der Waals surface area (Å²) < 4.78 is 1.52. The second kappa shape index (κ2) is 3.44. The maximum Gasteiger partial charge on any atom is 0.325 e. The van der Waals surface area contributed by atoms with Gasteiger partial charge in [0.2, 0.25) is 0 Å². The average molecular weight is 196 g/mol. The molecule has 0 radical (unpaired) electrons. The number of aryl methyl sites for hydroxylation is 1. The van der Waals surface area contributed by atoms with Crippen LogP contribution in [0.25, 0.3) is 0 Å². The smallest absolute Gasteiger partial charge is 0.325 e. The van der Waals surface area contributed by atoms with Crippen LogP contribution in [0.15, 0.2) is 6.07 Å². The zero-order valence-corrected chi connectivity index (χ0v) is 9.03. The lowest BCUT2D eigenvalue weighted by atomic mass is 9.92. The molecule has 0 spiro atoms. The van der Waals surface area contributed by atoms with Crippen LogP contribution in [0.4, 0.5) is 0 Å². The Hall–Kier alpha value is -1.32. The summed E-state index contributed by atoms with van der Waals surface area (Å²) in [6.45, 7) is 7.97. The van der Waals surface area contributed by atoms with Gasteiger partial charge in [0, 0.05) is 11.1 Å². The number of carboxylic acids is 1. The van der Waals surface area contributed by atoms with E-state index in [1.165, 1.54) is 4.68 Å². The Morgan fingerprint density at radius 1 is 1.57 bits per heavy atom. The zero-order valence-electron chi connectivity index (χ0n) is 9.03. The number of aromatic nitrogens is 2. The molecule has 0 aromatic carbocycles. The second-order valence-corrected chi connectivity index (χ2v) is 4.47. The summed E-state index contributed by atoms with van der Waals surface area (Å²) in [5.74, 6) is -0.864. The highest BCUT2D eigenvalue weighted by atomic mass is 16.4. The molecule has 0 bridgehead atoms. The first kappa shape index (κ1) is 10.8. The van der Waals surface area contributed by atoms with Gasteiger partial charge >= 0.3 is 5.97 Å². The van der Waals surface area contributed by atoms with Crippen LogP contribution in [0.2, 0.25) is 0 Å². The van der Waals surface area contributed by atoms with Gasteiger partial charge in [-0.15, -0.1) is 0 Å². The monoisotopic (exact) mass is 196 g/mol.